The van der Waals surface area contributed by atoms with Crippen molar-refractivity contribution in [3.63, 3.8) is 0 Å². The zero-order valence-corrected chi connectivity index (χ0v) is 15.3. The van der Waals surface area contributed by atoms with Gasteiger partial charge in [0.05, 0.1) is 23.0 Å². The first-order valence-electron chi connectivity index (χ1n) is 9.62. The maximum atomic E-state index is 12.2. The van der Waals surface area contributed by atoms with Gasteiger partial charge in [-0.15, -0.1) is 0 Å². The molecule has 0 saturated heterocycles. The highest BCUT2D eigenvalue weighted by Gasteiger charge is 2.35. The smallest absolute Gasteiger partial charge is 0.220 e. The molecule has 1 aromatic heterocycles. The van der Waals surface area contributed by atoms with Crippen molar-refractivity contribution < 1.29 is 9.90 Å². The van der Waals surface area contributed by atoms with E-state index in [1.807, 2.05) is 48.5 Å². The molecule has 1 amide bonds. The summed E-state index contributed by atoms with van der Waals surface area (Å²) in [6.45, 7) is 0. The fraction of sp³-hybridized carbons (Fsp3) is 0.364. The lowest BCUT2D eigenvalue weighted by molar-refractivity contribution is -0.122. The molecular formula is C22H25N3O2. The lowest BCUT2D eigenvalue weighted by Gasteiger charge is -2.36. The number of hydrogen-bond acceptors (Lipinski definition) is 3. The van der Waals surface area contributed by atoms with Crippen LogP contribution >= 0.6 is 0 Å². The highest BCUT2D eigenvalue weighted by atomic mass is 16.3. The molecule has 2 aromatic carbocycles. The van der Waals surface area contributed by atoms with Gasteiger partial charge in [-0.25, -0.2) is 4.98 Å². The third-order valence-electron chi connectivity index (χ3n) is 5.62. The molecule has 0 radical (unpaired) electrons. The molecule has 3 N–H and O–H groups in total. The Morgan fingerprint density at radius 1 is 1.19 bits per heavy atom. The maximum Gasteiger partial charge on any atom is 0.220 e. The number of carbonyl (C=O) groups is 1. The Labute approximate surface area is 158 Å². The molecule has 4 rings (SSSR count). The largest absolute Gasteiger partial charge is 0.385 e. The summed E-state index contributed by atoms with van der Waals surface area (Å²) in [6.07, 6.45) is 5.80. The molecule has 1 heterocycles. The molecule has 140 valence electrons. The van der Waals surface area contributed by atoms with Gasteiger partial charge in [0.25, 0.3) is 0 Å². The average Bonchev–Trinajstić information content (AvgIpc) is 3.17. The summed E-state index contributed by atoms with van der Waals surface area (Å²) in [5.41, 5.74) is 3.12. The first-order chi connectivity index (χ1) is 13.1. The molecule has 5 heteroatoms. The summed E-state index contributed by atoms with van der Waals surface area (Å²) in [7, 11) is 0. The number of hydrogen-bond donors (Lipinski definition) is 3. The molecule has 1 fully saturated rings. The molecule has 1 saturated carbocycles. The molecule has 1 aliphatic rings. The van der Waals surface area contributed by atoms with Gasteiger partial charge in [0.2, 0.25) is 5.91 Å². The van der Waals surface area contributed by atoms with Crippen LogP contribution < -0.4 is 5.32 Å². The van der Waals surface area contributed by atoms with Crippen molar-refractivity contribution in [3.8, 4) is 0 Å². The quantitative estimate of drug-likeness (QED) is 0.650. The highest BCUT2D eigenvalue weighted by Crippen LogP contribution is 2.37. The second kappa shape index (κ2) is 7.53. The minimum atomic E-state index is -0.829. The summed E-state index contributed by atoms with van der Waals surface area (Å²) in [5, 5.41) is 14.2. The van der Waals surface area contributed by atoms with Crippen LogP contribution in [0.4, 0.5) is 0 Å². The van der Waals surface area contributed by atoms with Gasteiger partial charge in [-0.2, -0.15) is 0 Å². The minimum absolute atomic E-state index is 0.0909. The van der Waals surface area contributed by atoms with Crippen molar-refractivity contribution in [2.75, 3.05) is 0 Å². The van der Waals surface area contributed by atoms with Crippen molar-refractivity contribution in [2.45, 2.75) is 50.2 Å². The molecule has 0 spiro atoms. The van der Waals surface area contributed by atoms with Crippen molar-refractivity contribution in [1.29, 1.82) is 0 Å². The number of aryl methyl sites for hydroxylation is 1. The number of aliphatic hydroxyl groups is 1. The summed E-state index contributed by atoms with van der Waals surface area (Å²) < 4.78 is 0. The number of aromatic amines is 1. The summed E-state index contributed by atoms with van der Waals surface area (Å²) in [5.74, 6) is 0.0909. The number of aromatic nitrogens is 2. The molecule has 0 aliphatic heterocycles. The molecule has 0 bridgehead atoms. The number of amides is 1. The standard InChI is InChI=1S/C22H25N3O2/c26-21(9-6-16-4-2-1-3-5-16)25-18-10-12-22(27,13-11-18)17-7-8-19-20(14-17)24-15-23-19/h1-5,7-8,14-15,18,27H,6,9-13H2,(H,23,24)(H,25,26). The van der Waals surface area contributed by atoms with Gasteiger partial charge in [0.1, 0.15) is 0 Å². The van der Waals surface area contributed by atoms with Gasteiger partial charge in [0, 0.05) is 12.5 Å². The first kappa shape index (κ1) is 17.7. The van der Waals surface area contributed by atoms with E-state index < -0.39 is 5.60 Å². The summed E-state index contributed by atoms with van der Waals surface area (Å²) in [4.78, 5) is 19.6. The molecule has 5 nitrogen and oxygen atoms in total. The van der Waals surface area contributed by atoms with E-state index in [9.17, 15) is 9.90 Å². The zero-order valence-electron chi connectivity index (χ0n) is 15.3. The summed E-state index contributed by atoms with van der Waals surface area (Å²) in [6, 6.07) is 16.1. The van der Waals surface area contributed by atoms with E-state index in [0.29, 0.717) is 19.3 Å². The number of carbonyl (C=O) groups excluding carboxylic acids is 1. The van der Waals surface area contributed by atoms with E-state index in [2.05, 4.69) is 15.3 Å². The molecule has 3 aromatic rings. The Morgan fingerprint density at radius 2 is 1.96 bits per heavy atom. The number of rotatable bonds is 5. The molecule has 0 unspecified atom stereocenters. The highest BCUT2D eigenvalue weighted by molar-refractivity contribution is 5.76. The van der Waals surface area contributed by atoms with Gasteiger partial charge in [0.15, 0.2) is 0 Å². The van der Waals surface area contributed by atoms with Crippen LogP contribution in [0.3, 0.4) is 0 Å². The monoisotopic (exact) mass is 363 g/mol. The number of nitrogens with zero attached hydrogens (tertiary/aromatic N) is 1. The SMILES string of the molecule is O=C(CCc1ccccc1)NC1CCC(O)(c2ccc3nc[nH]c3c2)CC1. The predicted octanol–water partition coefficient (Wildman–Crippen LogP) is 3.44. The minimum Gasteiger partial charge on any atom is -0.385 e. The zero-order chi connectivity index (χ0) is 18.7. The summed E-state index contributed by atoms with van der Waals surface area (Å²) >= 11 is 0. The van der Waals surface area contributed by atoms with Gasteiger partial charge >= 0.3 is 0 Å². The van der Waals surface area contributed by atoms with E-state index in [-0.39, 0.29) is 11.9 Å². The van der Waals surface area contributed by atoms with Crippen LogP contribution in [0.15, 0.2) is 54.9 Å². The Kier molecular flexibility index (Phi) is 4.94. The van der Waals surface area contributed by atoms with Gasteiger partial charge in [-0.1, -0.05) is 36.4 Å². The lowest BCUT2D eigenvalue weighted by Crippen LogP contribution is -2.42. The second-order valence-corrected chi connectivity index (χ2v) is 7.49. The molecule has 27 heavy (non-hydrogen) atoms. The predicted molar refractivity (Wildman–Crippen MR) is 105 cm³/mol. The van der Waals surface area contributed by atoms with Gasteiger partial charge in [-0.05, 0) is 55.4 Å². The van der Waals surface area contributed by atoms with Crippen LogP contribution in [0.5, 0.6) is 0 Å². The van der Waals surface area contributed by atoms with Crippen LogP contribution in [-0.2, 0) is 16.8 Å². The van der Waals surface area contributed by atoms with Crippen LogP contribution in [-0.4, -0.2) is 27.0 Å². The number of nitrogens with one attached hydrogen (secondary N) is 2. The number of fused-ring (bicyclic) bond motifs is 1. The van der Waals surface area contributed by atoms with Crippen molar-refractivity contribution in [3.05, 3.63) is 66.0 Å². The first-order valence-corrected chi connectivity index (χ1v) is 9.62. The van der Waals surface area contributed by atoms with Crippen LogP contribution in [0.1, 0.15) is 43.2 Å². The van der Waals surface area contributed by atoms with Gasteiger partial charge in [-0.3, -0.25) is 4.79 Å². The maximum absolute atomic E-state index is 12.2. The van der Waals surface area contributed by atoms with E-state index >= 15 is 0 Å². The number of H-pyrrole nitrogens is 1. The van der Waals surface area contributed by atoms with E-state index in [1.54, 1.807) is 6.33 Å². The Balaban J connectivity index is 1.30. The fourth-order valence-corrected chi connectivity index (χ4v) is 3.96. The third kappa shape index (κ3) is 4.03. The molecular weight excluding hydrogens is 338 g/mol. The Morgan fingerprint density at radius 3 is 2.74 bits per heavy atom. The van der Waals surface area contributed by atoms with E-state index in [4.69, 9.17) is 0 Å². The fourth-order valence-electron chi connectivity index (χ4n) is 3.96. The van der Waals surface area contributed by atoms with Crippen LogP contribution in [0, 0.1) is 0 Å². The molecule has 1 aliphatic carbocycles. The lowest BCUT2D eigenvalue weighted by atomic mass is 9.77. The van der Waals surface area contributed by atoms with Crippen molar-refractivity contribution in [2.24, 2.45) is 0 Å². The number of benzene rings is 2. The van der Waals surface area contributed by atoms with Crippen molar-refractivity contribution >= 4 is 16.9 Å². The topological polar surface area (TPSA) is 78.0 Å². The average molecular weight is 363 g/mol. The Bertz CT molecular complexity index is 911. The van der Waals surface area contributed by atoms with E-state index in [0.717, 1.165) is 35.9 Å². The third-order valence-corrected chi connectivity index (χ3v) is 5.62. The van der Waals surface area contributed by atoms with Crippen LogP contribution in [0.25, 0.3) is 11.0 Å². The van der Waals surface area contributed by atoms with E-state index in [1.165, 1.54) is 5.56 Å². The second-order valence-electron chi connectivity index (χ2n) is 7.49. The Hall–Kier alpha value is -2.66. The normalized spacial score (nSPS) is 22.6. The van der Waals surface area contributed by atoms with Crippen LogP contribution in [0.2, 0.25) is 0 Å². The number of imidazole rings is 1. The van der Waals surface area contributed by atoms with Gasteiger partial charge < -0.3 is 15.4 Å². The molecule has 0 atom stereocenters. The van der Waals surface area contributed by atoms with Crippen molar-refractivity contribution in [1.82, 2.24) is 15.3 Å².